The van der Waals surface area contributed by atoms with Crippen LogP contribution in [0, 0.1) is 0 Å². The molecular formula is C15H14F3N3O6S2. The van der Waals surface area contributed by atoms with E-state index in [4.69, 9.17) is 15.0 Å². The van der Waals surface area contributed by atoms with Gasteiger partial charge in [0.25, 0.3) is 0 Å². The molecular weight excluding hydrogens is 439 g/mol. The van der Waals surface area contributed by atoms with Crippen LogP contribution < -0.4 is 15.6 Å². The SMILES string of the molecule is NS(=O)(=O)c1cc(S(N)(=O)=O)c(C(F)(F)F)cc1NC(=O)OCc1ccccc1. The van der Waals surface area contributed by atoms with Crippen molar-refractivity contribution in [1.29, 1.82) is 0 Å². The maximum absolute atomic E-state index is 13.2. The number of nitrogens with one attached hydrogen (secondary N) is 1. The number of amides is 1. The molecule has 0 aliphatic carbocycles. The molecule has 29 heavy (non-hydrogen) atoms. The zero-order valence-corrected chi connectivity index (χ0v) is 15.9. The molecule has 0 spiro atoms. The van der Waals surface area contributed by atoms with E-state index in [1.807, 2.05) is 5.32 Å². The zero-order chi connectivity index (χ0) is 22.0. The molecule has 5 N–H and O–H groups in total. The summed E-state index contributed by atoms with van der Waals surface area (Å²) in [6, 6.07) is 8.43. The quantitative estimate of drug-likeness (QED) is 0.625. The first-order valence-corrected chi connectivity index (χ1v) is 10.6. The molecule has 2 aromatic carbocycles. The van der Waals surface area contributed by atoms with Gasteiger partial charge in [0.15, 0.2) is 0 Å². The van der Waals surface area contributed by atoms with Crippen LogP contribution in [-0.4, -0.2) is 22.9 Å². The minimum absolute atomic E-state index is 0.100. The molecule has 2 aromatic rings. The number of alkyl halides is 3. The topological polar surface area (TPSA) is 159 Å². The van der Waals surface area contributed by atoms with Crippen molar-refractivity contribution in [2.45, 2.75) is 22.6 Å². The first-order chi connectivity index (χ1) is 13.2. The van der Waals surface area contributed by atoms with E-state index in [-0.39, 0.29) is 18.7 Å². The lowest BCUT2D eigenvalue weighted by Gasteiger charge is -2.17. The Balaban J connectivity index is 2.48. The van der Waals surface area contributed by atoms with Crippen LogP contribution in [0.1, 0.15) is 11.1 Å². The second-order valence-corrected chi connectivity index (χ2v) is 8.68. The summed E-state index contributed by atoms with van der Waals surface area (Å²) >= 11 is 0. The molecule has 14 heteroatoms. The van der Waals surface area contributed by atoms with Crippen molar-refractivity contribution in [3.8, 4) is 0 Å². The molecule has 1 amide bonds. The van der Waals surface area contributed by atoms with E-state index in [0.29, 0.717) is 5.56 Å². The number of primary sulfonamides is 2. The highest BCUT2D eigenvalue weighted by Crippen LogP contribution is 2.38. The van der Waals surface area contributed by atoms with Gasteiger partial charge in [-0.3, -0.25) is 5.32 Å². The van der Waals surface area contributed by atoms with E-state index in [0.717, 1.165) is 0 Å². The van der Waals surface area contributed by atoms with Gasteiger partial charge in [0.1, 0.15) is 11.5 Å². The summed E-state index contributed by atoms with van der Waals surface area (Å²) in [5.74, 6) is 0. The average Bonchev–Trinajstić information content (AvgIpc) is 2.58. The Bertz CT molecular complexity index is 1130. The molecule has 0 radical (unpaired) electrons. The van der Waals surface area contributed by atoms with Gasteiger partial charge in [-0.25, -0.2) is 31.9 Å². The van der Waals surface area contributed by atoms with Gasteiger partial charge in [0.2, 0.25) is 20.0 Å². The highest BCUT2D eigenvalue weighted by atomic mass is 32.2. The molecule has 0 heterocycles. The summed E-state index contributed by atoms with van der Waals surface area (Å²) < 4.78 is 91.0. The number of carbonyl (C=O) groups is 1. The standard InChI is InChI=1S/C15H14F3N3O6S2/c16-15(17,18)10-6-11(13(29(20,25)26)7-12(10)28(19,23)24)21-14(22)27-8-9-4-2-1-3-5-9/h1-7H,8H2,(H,21,22)(H2,19,23,24)(H2,20,25,26). The highest BCUT2D eigenvalue weighted by Gasteiger charge is 2.38. The lowest BCUT2D eigenvalue weighted by Crippen LogP contribution is -2.24. The fraction of sp³-hybridized carbons (Fsp3) is 0.133. The number of ether oxygens (including phenoxy) is 1. The fourth-order valence-electron chi connectivity index (χ4n) is 2.22. The number of nitrogens with two attached hydrogens (primary N) is 2. The highest BCUT2D eigenvalue weighted by molar-refractivity contribution is 7.90. The number of anilines is 1. The minimum Gasteiger partial charge on any atom is -0.444 e. The number of sulfonamides is 2. The summed E-state index contributed by atoms with van der Waals surface area (Å²) in [4.78, 5) is 9.31. The second kappa shape index (κ2) is 7.98. The van der Waals surface area contributed by atoms with Crippen LogP contribution in [0.2, 0.25) is 0 Å². The van der Waals surface area contributed by atoms with Gasteiger partial charge >= 0.3 is 12.3 Å². The van der Waals surface area contributed by atoms with Crippen molar-refractivity contribution in [1.82, 2.24) is 0 Å². The number of hydrogen-bond donors (Lipinski definition) is 3. The number of hydrogen-bond acceptors (Lipinski definition) is 6. The van der Waals surface area contributed by atoms with E-state index in [1.54, 1.807) is 30.3 Å². The van der Waals surface area contributed by atoms with Gasteiger partial charge in [0, 0.05) is 0 Å². The number of benzene rings is 2. The van der Waals surface area contributed by atoms with Crippen molar-refractivity contribution in [2.75, 3.05) is 5.32 Å². The Morgan fingerprint density at radius 1 is 0.966 bits per heavy atom. The summed E-state index contributed by atoms with van der Waals surface area (Å²) in [6.45, 7) is -0.265. The molecule has 158 valence electrons. The van der Waals surface area contributed by atoms with Crippen LogP contribution in [0.15, 0.2) is 52.3 Å². The second-order valence-electron chi connectivity index (χ2n) is 5.62. The summed E-state index contributed by atoms with van der Waals surface area (Å²) in [5.41, 5.74) is -2.16. The third-order valence-corrected chi connectivity index (χ3v) is 5.35. The Hall–Kier alpha value is -2.68. The van der Waals surface area contributed by atoms with Crippen LogP contribution in [-0.2, 0) is 37.6 Å². The van der Waals surface area contributed by atoms with Crippen molar-refractivity contribution in [3.63, 3.8) is 0 Å². The first kappa shape index (κ1) is 22.6. The van der Waals surface area contributed by atoms with E-state index in [9.17, 15) is 34.8 Å². The molecule has 0 aromatic heterocycles. The van der Waals surface area contributed by atoms with Crippen LogP contribution >= 0.6 is 0 Å². The predicted octanol–water partition coefficient (Wildman–Crippen LogP) is 1.75. The molecule has 0 fully saturated rings. The summed E-state index contributed by atoms with van der Waals surface area (Å²) in [6.07, 6.45) is -6.53. The number of rotatable bonds is 5. The van der Waals surface area contributed by atoms with Crippen LogP contribution in [0.3, 0.4) is 0 Å². The largest absolute Gasteiger partial charge is 0.444 e. The van der Waals surface area contributed by atoms with Crippen LogP contribution in [0.4, 0.5) is 23.7 Å². The van der Waals surface area contributed by atoms with Gasteiger partial charge < -0.3 is 4.74 Å². The molecule has 0 bridgehead atoms. The zero-order valence-electron chi connectivity index (χ0n) is 14.3. The maximum atomic E-state index is 13.2. The molecule has 0 saturated heterocycles. The predicted molar refractivity (Wildman–Crippen MR) is 94.4 cm³/mol. The van der Waals surface area contributed by atoms with Crippen molar-refractivity contribution >= 4 is 31.8 Å². The van der Waals surface area contributed by atoms with Crippen LogP contribution in [0.25, 0.3) is 0 Å². The van der Waals surface area contributed by atoms with E-state index in [2.05, 4.69) is 0 Å². The number of halogens is 3. The monoisotopic (exact) mass is 453 g/mol. The molecule has 2 rings (SSSR count). The van der Waals surface area contributed by atoms with E-state index >= 15 is 0 Å². The number of carbonyl (C=O) groups excluding carboxylic acids is 1. The van der Waals surface area contributed by atoms with Crippen molar-refractivity contribution < 1.29 is 39.5 Å². The molecule has 0 aliphatic heterocycles. The van der Waals surface area contributed by atoms with Gasteiger partial charge in [0.05, 0.1) is 16.1 Å². The van der Waals surface area contributed by atoms with E-state index in [1.165, 1.54) is 0 Å². The normalized spacial score (nSPS) is 12.4. The average molecular weight is 453 g/mol. The third kappa shape index (κ3) is 5.90. The van der Waals surface area contributed by atoms with Crippen molar-refractivity contribution in [2.24, 2.45) is 10.3 Å². The fourth-order valence-corrected chi connectivity index (χ4v) is 3.76. The van der Waals surface area contributed by atoms with Gasteiger partial charge in [-0.15, -0.1) is 0 Å². The molecule has 9 nitrogen and oxygen atoms in total. The smallest absolute Gasteiger partial charge is 0.417 e. The third-order valence-electron chi connectivity index (χ3n) is 3.45. The van der Waals surface area contributed by atoms with E-state index < -0.39 is 53.4 Å². The van der Waals surface area contributed by atoms with Gasteiger partial charge in [-0.05, 0) is 17.7 Å². The molecule has 0 unspecified atom stereocenters. The Morgan fingerprint density at radius 3 is 2.00 bits per heavy atom. The van der Waals surface area contributed by atoms with Gasteiger partial charge in [-0.1, -0.05) is 30.3 Å². The Morgan fingerprint density at radius 2 is 1.52 bits per heavy atom. The first-order valence-electron chi connectivity index (χ1n) is 7.48. The summed E-state index contributed by atoms with van der Waals surface area (Å²) in [5, 5.41) is 11.5. The van der Waals surface area contributed by atoms with Gasteiger partial charge in [-0.2, -0.15) is 13.2 Å². The van der Waals surface area contributed by atoms with Crippen molar-refractivity contribution in [3.05, 3.63) is 53.6 Å². The maximum Gasteiger partial charge on any atom is 0.417 e. The Kier molecular flexibility index (Phi) is 6.22. The molecule has 0 saturated carbocycles. The Labute approximate surface area is 163 Å². The van der Waals surface area contributed by atoms with Crippen LogP contribution in [0.5, 0.6) is 0 Å². The lowest BCUT2D eigenvalue weighted by molar-refractivity contribution is -0.139. The molecule has 0 aliphatic rings. The molecule has 0 atom stereocenters. The lowest BCUT2D eigenvalue weighted by atomic mass is 10.2. The summed E-state index contributed by atoms with van der Waals surface area (Å²) in [7, 11) is -9.72. The minimum atomic E-state index is -5.23.